The fourth-order valence-electron chi connectivity index (χ4n) is 3.14. The van der Waals surface area contributed by atoms with Gasteiger partial charge in [-0.15, -0.1) is 0 Å². The predicted molar refractivity (Wildman–Crippen MR) is 127 cm³/mol. The molecule has 0 fully saturated rings. The van der Waals surface area contributed by atoms with Gasteiger partial charge in [-0.2, -0.15) is 0 Å². The Bertz CT molecular complexity index is 1120. The smallest absolute Gasteiger partial charge is 0.259 e. The Kier molecular flexibility index (Phi) is 8.26. The average Bonchev–Trinajstić information content (AvgIpc) is 2.85. The zero-order chi connectivity index (χ0) is 23.6. The van der Waals surface area contributed by atoms with E-state index in [9.17, 15) is 14.4 Å². The summed E-state index contributed by atoms with van der Waals surface area (Å²) in [4.78, 5) is 42.0. The van der Waals surface area contributed by atoms with Crippen LogP contribution in [0.3, 0.4) is 0 Å². The van der Waals surface area contributed by atoms with Gasteiger partial charge in [-0.3, -0.25) is 14.4 Å². The Labute approximate surface area is 192 Å². The number of ketones is 1. The number of methoxy groups -OCH3 is 1. The molecule has 0 atom stereocenters. The summed E-state index contributed by atoms with van der Waals surface area (Å²) >= 11 is 0. The lowest BCUT2D eigenvalue weighted by atomic mass is 10.0. The SMILES string of the molecule is COc1ccc(NC(=O)c2ccc(C(=O)CCCCN)cc2)c(C(=O)Nc2ccccn2)c1. The van der Waals surface area contributed by atoms with Gasteiger partial charge >= 0.3 is 0 Å². The van der Waals surface area contributed by atoms with Crippen molar-refractivity contribution in [3.63, 3.8) is 0 Å². The number of Topliss-reactive ketones (excluding diaryl/α,β-unsaturated/α-hetero) is 1. The molecule has 0 radical (unpaired) electrons. The van der Waals surface area contributed by atoms with Gasteiger partial charge in [0, 0.05) is 23.7 Å². The van der Waals surface area contributed by atoms with Gasteiger partial charge in [0.05, 0.1) is 18.4 Å². The van der Waals surface area contributed by atoms with Crippen LogP contribution in [0.1, 0.15) is 50.3 Å². The van der Waals surface area contributed by atoms with E-state index in [0.717, 1.165) is 12.8 Å². The molecule has 1 aromatic heterocycles. The van der Waals surface area contributed by atoms with Gasteiger partial charge in [0.2, 0.25) is 0 Å². The molecule has 8 nitrogen and oxygen atoms in total. The number of pyridine rings is 1. The number of rotatable bonds is 10. The zero-order valence-electron chi connectivity index (χ0n) is 18.3. The number of carbonyl (C=O) groups excluding carboxylic acids is 3. The van der Waals surface area contributed by atoms with Crippen LogP contribution in [0, 0.1) is 0 Å². The van der Waals surface area contributed by atoms with Crippen LogP contribution in [0.15, 0.2) is 66.9 Å². The van der Waals surface area contributed by atoms with Crippen LogP contribution in [-0.2, 0) is 0 Å². The largest absolute Gasteiger partial charge is 0.497 e. The van der Waals surface area contributed by atoms with Gasteiger partial charge in [-0.05, 0) is 61.9 Å². The number of ether oxygens (including phenoxy) is 1. The molecule has 2 amide bonds. The molecule has 2 aromatic carbocycles. The number of nitrogens with zero attached hydrogens (tertiary/aromatic N) is 1. The normalized spacial score (nSPS) is 10.4. The molecule has 0 bridgehead atoms. The minimum Gasteiger partial charge on any atom is -0.497 e. The summed E-state index contributed by atoms with van der Waals surface area (Å²) in [6, 6.07) is 16.4. The second-order valence-electron chi connectivity index (χ2n) is 7.28. The minimum absolute atomic E-state index is 0.0130. The molecule has 0 unspecified atom stereocenters. The molecule has 4 N–H and O–H groups in total. The molecule has 8 heteroatoms. The van der Waals surface area contributed by atoms with E-state index in [1.54, 1.807) is 60.8 Å². The van der Waals surface area contributed by atoms with Crippen molar-refractivity contribution in [2.24, 2.45) is 5.73 Å². The minimum atomic E-state index is -0.443. The first-order chi connectivity index (χ1) is 16.0. The number of carbonyl (C=O) groups is 3. The maximum atomic E-state index is 12.8. The molecular formula is C25H26N4O4. The number of benzene rings is 2. The summed E-state index contributed by atoms with van der Waals surface area (Å²) in [5.74, 6) is 0.0144. The fraction of sp³-hybridized carbons (Fsp3) is 0.200. The number of hydrogen-bond donors (Lipinski definition) is 3. The predicted octanol–water partition coefficient (Wildman–Crippen LogP) is 3.91. The molecule has 3 aromatic rings. The molecule has 1 heterocycles. The highest BCUT2D eigenvalue weighted by atomic mass is 16.5. The fourth-order valence-corrected chi connectivity index (χ4v) is 3.14. The Morgan fingerprint density at radius 2 is 1.67 bits per heavy atom. The van der Waals surface area contributed by atoms with Gasteiger partial charge < -0.3 is 21.1 Å². The van der Waals surface area contributed by atoms with E-state index in [0.29, 0.717) is 41.3 Å². The lowest BCUT2D eigenvalue weighted by Gasteiger charge is -2.13. The van der Waals surface area contributed by atoms with Crippen molar-refractivity contribution in [3.05, 3.63) is 83.6 Å². The molecular weight excluding hydrogens is 420 g/mol. The summed E-state index contributed by atoms with van der Waals surface area (Å²) in [6.45, 7) is 0.555. The molecule has 3 rings (SSSR count). The second-order valence-corrected chi connectivity index (χ2v) is 7.28. The van der Waals surface area contributed by atoms with Crippen LogP contribution in [-0.4, -0.2) is 36.2 Å². The Balaban J connectivity index is 1.75. The van der Waals surface area contributed by atoms with E-state index in [1.807, 2.05) is 0 Å². The summed E-state index contributed by atoms with van der Waals surface area (Å²) in [5.41, 5.74) is 6.91. The first-order valence-corrected chi connectivity index (χ1v) is 10.6. The van der Waals surface area contributed by atoms with E-state index < -0.39 is 11.8 Å². The van der Waals surface area contributed by atoms with Crippen molar-refractivity contribution >= 4 is 29.1 Å². The molecule has 0 saturated carbocycles. The molecule has 33 heavy (non-hydrogen) atoms. The van der Waals surface area contributed by atoms with Gasteiger partial charge in [-0.25, -0.2) is 4.98 Å². The number of amides is 2. The Morgan fingerprint density at radius 1 is 0.909 bits per heavy atom. The lowest BCUT2D eigenvalue weighted by Crippen LogP contribution is -2.19. The topological polar surface area (TPSA) is 123 Å². The summed E-state index contributed by atoms with van der Waals surface area (Å²) < 4.78 is 5.22. The van der Waals surface area contributed by atoms with Crippen molar-refractivity contribution in [3.8, 4) is 5.75 Å². The van der Waals surface area contributed by atoms with Crippen molar-refractivity contribution in [2.75, 3.05) is 24.3 Å². The molecule has 0 spiro atoms. The van der Waals surface area contributed by atoms with Crippen LogP contribution in [0.25, 0.3) is 0 Å². The number of nitrogens with two attached hydrogens (primary N) is 1. The number of aromatic nitrogens is 1. The highest BCUT2D eigenvalue weighted by Gasteiger charge is 2.17. The van der Waals surface area contributed by atoms with Crippen LogP contribution in [0.4, 0.5) is 11.5 Å². The van der Waals surface area contributed by atoms with Gasteiger partial charge in [0.1, 0.15) is 11.6 Å². The number of hydrogen-bond acceptors (Lipinski definition) is 6. The van der Waals surface area contributed by atoms with Crippen molar-refractivity contribution in [2.45, 2.75) is 19.3 Å². The third-order valence-corrected chi connectivity index (χ3v) is 4.95. The Hall–Kier alpha value is -4.04. The number of anilines is 2. The van der Waals surface area contributed by atoms with Gasteiger partial charge in [-0.1, -0.05) is 18.2 Å². The van der Waals surface area contributed by atoms with E-state index in [4.69, 9.17) is 10.5 Å². The van der Waals surface area contributed by atoms with E-state index in [1.165, 1.54) is 13.2 Å². The highest BCUT2D eigenvalue weighted by molar-refractivity contribution is 6.12. The molecule has 170 valence electrons. The number of nitrogens with one attached hydrogen (secondary N) is 2. The summed E-state index contributed by atoms with van der Waals surface area (Å²) in [6.07, 6.45) is 3.52. The van der Waals surface area contributed by atoms with E-state index >= 15 is 0 Å². The molecule has 0 saturated heterocycles. The summed E-state index contributed by atoms with van der Waals surface area (Å²) in [5, 5.41) is 5.46. The third kappa shape index (κ3) is 6.47. The van der Waals surface area contributed by atoms with E-state index in [2.05, 4.69) is 15.6 Å². The van der Waals surface area contributed by atoms with Gasteiger partial charge in [0.25, 0.3) is 11.8 Å². The molecule has 0 aliphatic carbocycles. The van der Waals surface area contributed by atoms with Crippen LogP contribution in [0.2, 0.25) is 0 Å². The monoisotopic (exact) mass is 446 g/mol. The second kappa shape index (κ2) is 11.5. The zero-order valence-corrected chi connectivity index (χ0v) is 18.3. The average molecular weight is 447 g/mol. The maximum absolute atomic E-state index is 12.8. The highest BCUT2D eigenvalue weighted by Crippen LogP contribution is 2.24. The lowest BCUT2D eigenvalue weighted by molar-refractivity contribution is 0.0975. The Morgan fingerprint density at radius 3 is 2.33 bits per heavy atom. The van der Waals surface area contributed by atoms with Crippen LogP contribution in [0.5, 0.6) is 5.75 Å². The van der Waals surface area contributed by atoms with Crippen molar-refractivity contribution in [1.29, 1.82) is 0 Å². The quantitative estimate of drug-likeness (QED) is 0.320. The number of unbranched alkanes of at least 4 members (excludes halogenated alkanes) is 1. The molecule has 0 aliphatic heterocycles. The van der Waals surface area contributed by atoms with Gasteiger partial charge in [0.15, 0.2) is 5.78 Å². The first-order valence-electron chi connectivity index (χ1n) is 10.6. The first kappa shape index (κ1) is 23.6. The van der Waals surface area contributed by atoms with Crippen molar-refractivity contribution in [1.82, 2.24) is 4.98 Å². The molecule has 0 aliphatic rings. The van der Waals surface area contributed by atoms with E-state index in [-0.39, 0.29) is 11.3 Å². The van der Waals surface area contributed by atoms with Crippen LogP contribution < -0.4 is 21.1 Å². The maximum Gasteiger partial charge on any atom is 0.259 e. The third-order valence-electron chi connectivity index (χ3n) is 4.95. The van der Waals surface area contributed by atoms with Crippen molar-refractivity contribution < 1.29 is 19.1 Å². The standard InChI is InChI=1S/C25H26N4O4/c1-33-19-12-13-21(20(16-19)25(32)29-23-7-3-5-15-27-23)28-24(31)18-10-8-17(9-11-18)22(30)6-2-4-14-26/h3,5,7-13,15-16H,2,4,6,14,26H2,1H3,(H,28,31)(H,27,29,32). The van der Waals surface area contributed by atoms with Crippen LogP contribution >= 0.6 is 0 Å². The summed E-state index contributed by atoms with van der Waals surface area (Å²) in [7, 11) is 1.49.